The number of hydrogen-bond donors (Lipinski definition) is 2. The first-order valence-electron chi connectivity index (χ1n) is 7.70. The smallest absolute Gasteiger partial charge is 0.227 e. The van der Waals surface area contributed by atoms with Crippen LogP contribution in [0.1, 0.15) is 19.3 Å². The first-order valence-corrected chi connectivity index (χ1v) is 7.70. The summed E-state index contributed by atoms with van der Waals surface area (Å²) in [7, 11) is 0. The lowest BCUT2D eigenvalue weighted by molar-refractivity contribution is -0.119. The minimum Gasteiger partial charge on any atom is -0.457 e. The number of nitrogens with two attached hydrogens (primary N) is 1. The largest absolute Gasteiger partial charge is 0.457 e. The van der Waals surface area contributed by atoms with E-state index in [2.05, 4.69) is 5.32 Å². The summed E-state index contributed by atoms with van der Waals surface area (Å²) in [5.74, 6) is 0.671. The van der Waals surface area contributed by atoms with Crippen molar-refractivity contribution in [1.29, 1.82) is 0 Å². The van der Waals surface area contributed by atoms with Gasteiger partial charge in [0.05, 0.1) is 0 Å². The van der Waals surface area contributed by atoms with Gasteiger partial charge in [0, 0.05) is 23.7 Å². The second-order valence-corrected chi connectivity index (χ2v) is 5.84. The molecule has 4 nitrogen and oxygen atoms in total. The Bertz CT molecular complexity index is 688. The van der Waals surface area contributed by atoms with Crippen LogP contribution in [0.5, 0.6) is 11.5 Å². The summed E-state index contributed by atoms with van der Waals surface area (Å²) in [4.78, 5) is 12.1. The molecule has 3 rings (SSSR count). The van der Waals surface area contributed by atoms with Crippen molar-refractivity contribution in [2.45, 2.75) is 25.3 Å². The number of rotatable bonds is 4. The standard InChI is InChI=1S/C18H19FN2O2/c19-13-2-1-3-17(11-13)23-16-8-6-15(7-9-16)21-18(22)12-4-5-14(20)10-12/h1-3,6-9,11-12,14H,4-5,10,20H2,(H,21,22). The minimum atomic E-state index is -0.346. The Kier molecular flexibility index (Phi) is 4.57. The SMILES string of the molecule is NC1CCC(C(=O)Nc2ccc(Oc3cccc(F)c3)cc2)C1. The average Bonchev–Trinajstić information content (AvgIpc) is 2.96. The number of carbonyl (C=O) groups excluding carboxylic acids is 1. The zero-order valence-corrected chi connectivity index (χ0v) is 12.7. The number of halogens is 1. The molecule has 0 heterocycles. The molecule has 0 bridgehead atoms. The molecule has 1 fully saturated rings. The number of benzene rings is 2. The molecule has 1 aliphatic carbocycles. The van der Waals surface area contributed by atoms with Crippen molar-refractivity contribution >= 4 is 11.6 Å². The van der Waals surface area contributed by atoms with Gasteiger partial charge in [0.1, 0.15) is 17.3 Å². The molecule has 0 aromatic heterocycles. The van der Waals surface area contributed by atoms with Crippen molar-refractivity contribution in [3.8, 4) is 11.5 Å². The normalized spacial score (nSPS) is 20.3. The molecule has 5 heteroatoms. The highest BCUT2D eigenvalue weighted by Crippen LogP contribution is 2.27. The summed E-state index contributed by atoms with van der Waals surface area (Å²) in [6.45, 7) is 0. The van der Waals surface area contributed by atoms with E-state index in [1.54, 1.807) is 36.4 Å². The van der Waals surface area contributed by atoms with E-state index in [1.807, 2.05) is 0 Å². The van der Waals surface area contributed by atoms with Crippen LogP contribution in [-0.4, -0.2) is 11.9 Å². The molecule has 1 amide bonds. The van der Waals surface area contributed by atoms with Crippen LogP contribution >= 0.6 is 0 Å². The molecule has 23 heavy (non-hydrogen) atoms. The number of amides is 1. The van der Waals surface area contributed by atoms with Crippen molar-refractivity contribution in [3.05, 3.63) is 54.3 Å². The van der Waals surface area contributed by atoms with E-state index in [4.69, 9.17) is 10.5 Å². The predicted octanol–water partition coefficient (Wildman–Crippen LogP) is 3.68. The topological polar surface area (TPSA) is 64.4 Å². The Labute approximate surface area is 134 Å². The number of carbonyl (C=O) groups is 1. The Hall–Kier alpha value is -2.40. The molecule has 2 aromatic carbocycles. The maximum atomic E-state index is 13.1. The molecule has 0 spiro atoms. The van der Waals surface area contributed by atoms with E-state index >= 15 is 0 Å². The summed E-state index contributed by atoms with van der Waals surface area (Å²) < 4.78 is 18.7. The molecule has 3 N–H and O–H groups in total. The maximum absolute atomic E-state index is 13.1. The summed E-state index contributed by atoms with van der Waals surface area (Å²) >= 11 is 0. The second kappa shape index (κ2) is 6.79. The third kappa shape index (κ3) is 4.07. The summed E-state index contributed by atoms with van der Waals surface area (Å²) in [5, 5.41) is 2.89. The zero-order chi connectivity index (χ0) is 16.2. The van der Waals surface area contributed by atoms with Crippen LogP contribution in [0.2, 0.25) is 0 Å². The summed E-state index contributed by atoms with van der Waals surface area (Å²) in [6, 6.07) is 13.1. The molecule has 2 unspecified atom stereocenters. The molecule has 0 aliphatic heterocycles. The first kappa shape index (κ1) is 15.5. The van der Waals surface area contributed by atoms with Crippen LogP contribution in [-0.2, 0) is 4.79 Å². The van der Waals surface area contributed by atoms with E-state index in [1.165, 1.54) is 12.1 Å². The van der Waals surface area contributed by atoms with Gasteiger partial charge in [-0.1, -0.05) is 6.07 Å². The molecule has 0 saturated heterocycles. The van der Waals surface area contributed by atoms with E-state index in [0.717, 1.165) is 19.3 Å². The molecule has 1 saturated carbocycles. The molecule has 2 atom stereocenters. The van der Waals surface area contributed by atoms with E-state index in [0.29, 0.717) is 17.2 Å². The van der Waals surface area contributed by atoms with Gasteiger partial charge in [-0.05, 0) is 55.7 Å². The van der Waals surface area contributed by atoms with Gasteiger partial charge >= 0.3 is 0 Å². The van der Waals surface area contributed by atoms with Crippen molar-refractivity contribution in [2.24, 2.45) is 11.7 Å². The quantitative estimate of drug-likeness (QED) is 0.904. The lowest BCUT2D eigenvalue weighted by atomic mass is 10.1. The molecular weight excluding hydrogens is 295 g/mol. The number of ether oxygens (including phenoxy) is 1. The molecular formula is C18H19FN2O2. The number of nitrogens with one attached hydrogen (secondary N) is 1. The highest BCUT2D eigenvalue weighted by atomic mass is 19.1. The second-order valence-electron chi connectivity index (χ2n) is 5.84. The number of hydrogen-bond acceptors (Lipinski definition) is 3. The molecule has 120 valence electrons. The van der Waals surface area contributed by atoms with E-state index < -0.39 is 0 Å². The van der Waals surface area contributed by atoms with Crippen molar-refractivity contribution < 1.29 is 13.9 Å². The van der Waals surface area contributed by atoms with Crippen LogP contribution in [0.25, 0.3) is 0 Å². The van der Waals surface area contributed by atoms with Crippen LogP contribution in [0.3, 0.4) is 0 Å². The third-order valence-corrected chi connectivity index (χ3v) is 4.00. The van der Waals surface area contributed by atoms with E-state index in [9.17, 15) is 9.18 Å². The van der Waals surface area contributed by atoms with Gasteiger partial charge in [-0.3, -0.25) is 4.79 Å². The van der Waals surface area contributed by atoms with Gasteiger partial charge in [0.2, 0.25) is 5.91 Å². The monoisotopic (exact) mass is 314 g/mol. The summed E-state index contributed by atoms with van der Waals surface area (Å²) in [6.07, 6.45) is 2.48. The zero-order valence-electron chi connectivity index (χ0n) is 12.7. The van der Waals surface area contributed by atoms with Crippen LogP contribution in [0, 0.1) is 11.7 Å². The minimum absolute atomic E-state index is 0.00628. The van der Waals surface area contributed by atoms with Gasteiger partial charge in [-0.2, -0.15) is 0 Å². The lowest BCUT2D eigenvalue weighted by Gasteiger charge is -2.11. The van der Waals surface area contributed by atoms with Crippen molar-refractivity contribution in [1.82, 2.24) is 0 Å². The number of anilines is 1. The highest BCUT2D eigenvalue weighted by molar-refractivity contribution is 5.92. The Morgan fingerprint density at radius 2 is 1.91 bits per heavy atom. The van der Waals surface area contributed by atoms with Gasteiger partial charge in [-0.25, -0.2) is 4.39 Å². The van der Waals surface area contributed by atoms with Crippen LogP contribution in [0.15, 0.2) is 48.5 Å². The Balaban J connectivity index is 1.59. The lowest BCUT2D eigenvalue weighted by Crippen LogP contribution is -2.23. The van der Waals surface area contributed by atoms with Crippen molar-refractivity contribution in [2.75, 3.05) is 5.32 Å². The summed E-state index contributed by atoms with van der Waals surface area (Å²) in [5.41, 5.74) is 6.55. The van der Waals surface area contributed by atoms with Crippen LogP contribution in [0.4, 0.5) is 10.1 Å². The van der Waals surface area contributed by atoms with Crippen molar-refractivity contribution in [3.63, 3.8) is 0 Å². The first-order chi connectivity index (χ1) is 11.1. The Morgan fingerprint density at radius 1 is 1.13 bits per heavy atom. The maximum Gasteiger partial charge on any atom is 0.227 e. The predicted molar refractivity (Wildman–Crippen MR) is 86.9 cm³/mol. The van der Waals surface area contributed by atoms with Crippen LogP contribution < -0.4 is 15.8 Å². The fourth-order valence-corrected chi connectivity index (χ4v) is 2.77. The van der Waals surface area contributed by atoms with Gasteiger partial charge in [-0.15, -0.1) is 0 Å². The van der Waals surface area contributed by atoms with Gasteiger partial charge in [0.15, 0.2) is 0 Å². The Morgan fingerprint density at radius 3 is 2.57 bits per heavy atom. The molecule has 2 aromatic rings. The average molecular weight is 314 g/mol. The molecule has 1 aliphatic rings. The van der Waals surface area contributed by atoms with Gasteiger partial charge < -0.3 is 15.8 Å². The fraction of sp³-hybridized carbons (Fsp3) is 0.278. The highest BCUT2D eigenvalue weighted by Gasteiger charge is 2.27. The third-order valence-electron chi connectivity index (χ3n) is 4.00. The van der Waals surface area contributed by atoms with Gasteiger partial charge in [0.25, 0.3) is 0 Å². The fourth-order valence-electron chi connectivity index (χ4n) is 2.77. The van der Waals surface area contributed by atoms with E-state index in [-0.39, 0.29) is 23.7 Å². The molecule has 0 radical (unpaired) electrons.